The molecule has 0 radical (unpaired) electrons. The van der Waals surface area contributed by atoms with E-state index in [1.807, 2.05) is 0 Å². The van der Waals surface area contributed by atoms with Crippen molar-refractivity contribution in [1.29, 1.82) is 0 Å². The van der Waals surface area contributed by atoms with Gasteiger partial charge in [-0.3, -0.25) is 0 Å². The van der Waals surface area contributed by atoms with Crippen molar-refractivity contribution in [2.45, 2.75) is 57.7 Å². The highest BCUT2D eigenvalue weighted by Crippen LogP contribution is 2.37. The van der Waals surface area contributed by atoms with E-state index in [-0.39, 0.29) is 24.3 Å². The van der Waals surface area contributed by atoms with Crippen molar-refractivity contribution in [3.8, 4) is 17.0 Å². The minimum atomic E-state index is -2.60. The molecule has 0 aliphatic heterocycles. The molecule has 12 heteroatoms. The highest BCUT2D eigenvalue weighted by molar-refractivity contribution is 5.99. The Morgan fingerprint density at radius 3 is 2.68 bits per heavy atom. The van der Waals surface area contributed by atoms with Gasteiger partial charge >= 0.3 is 0 Å². The van der Waals surface area contributed by atoms with Crippen molar-refractivity contribution in [3.63, 3.8) is 0 Å². The lowest BCUT2D eigenvalue weighted by molar-refractivity contribution is 0.00719. The Labute approximate surface area is 211 Å². The smallest absolute Gasteiger partial charge is 0.256 e. The molecule has 0 saturated heterocycles. The molecule has 1 aromatic carbocycles. The number of hydrogen-bond acceptors (Lipinski definition) is 7. The predicted molar refractivity (Wildman–Crippen MR) is 133 cm³/mol. The van der Waals surface area contributed by atoms with Crippen LogP contribution in [0.3, 0.4) is 0 Å². The number of ether oxygens (including phenoxy) is 2. The molecule has 1 saturated carbocycles. The zero-order valence-electron chi connectivity index (χ0n) is 20.6. The average Bonchev–Trinajstić information content (AvgIpc) is 3.44. The van der Waals surface area contributed by atoms with Crippen LogP contribution in [0.25, 0.3) is 33.2 Å². The first-order valence-corrected chi connectivity index (χ1v) is 12.2. The Morgan fingerprint density at radius 1 is 1.19 bits per heavy atom. The molecular formula is C25H29F3N6O3. The first kappa shape index (κ1) is 25.3. The third-order valence-corrected chi connectivity index (χ3v) is 6.77. The molecule has 9 nitrogen and oxygen atoms in total. The summed E-state index contributed by atoms with van der Waals surface area (Å²) >= 11 is 0. The summed E-state index contributed by atoms with van der Waals surface area (Å²) in [7, 11) is 1.50. The fourth-order valence-electron chi connectivity index (χ4n) is 5.04. The van der Waals surface area contributed by atoms with Gasteiger partial charge in [0, 0.05) is 17.8 Å². The van der Waals surface area contributed by atoms with Crippen molar-refractivity contribution < 1.29 is 27.8 Å². The molecule has 0 amide bonds. The minimum absolute atomic E-state index is 0.0173. The number of rotatable bonds is 9. The monoisotopic (exact) mass is 518 g/mol. The zero-order valence-corrected chi connectivity index (χ0v) is 20.6. The van der Waals surface area contributed by atoms with Crippen LogP contribution in [-0.2, 0) is 11.3 Å². The number of halogens is 3. The molecule has 5 rings (SSSR count). The average molecular weight is 519 g/mol. The number of aromatic amines is 1. The van der Waals surface area contributed by atoms with Gasteiger partial charge in [0.15, 0.2) is 5.82 Å². The maximum Gasteiger partial charge on any atom is 0.256 e. The number of methoxy groups -OCH3 is 1. The number of alkyl halides is 2. The molecule has 3 N–H and O–H groups in total. The van der Waals surface area contributed by atoms with E-state index in [2.05, 4.69) is 25.3 Å². The van der Waals surface area contributed by atoms with Crippen LogP contribution >= 0.6 is 0 Å². The van der Waals surface area contributed by atoms with Gasteiger partial charge < -0.3 is 29.4 Å². The quantitative estimate of drug-likeness (QED) is 0.301. The molecule has 0 unspecified atom stereocenters. The number of nitrogens with one attached hydrogen (secondary N) is 2. The number of aliphatic hydroxyl groups is 1. The first-order chi connectivity index (χ1) is 17.9. The van der Waals surface area contributed by atoms with Crippen LogP contribution in [0, 0.1) is 12.7 Å². The predicted octanol–water partition coefficient (Wildman–Crippen LogP) is 4.43. The van der Waals surface area contributed by atoms with Gasteiger partial charge in [0.25, 0.3) is 6.43 Å². The summed E-state index contributed by atoms with van der Waals surface area (Å²) in [5.74, 6) is 0.428. The van der Waals surface area contributed by atoms with Crippen molar-refractivity contribution >= 4 is 28.0 Å². The Bertz CT molecular complexity index is 1400. The maximum atomic E-state index is 15.0. The number of benzene rings is 1. The van der Waals surface area contributed by atoms with Crippen LogP contribution < -0.4 is 10.1 Å². The van der Waals surface area contributed by atoms with Crippen molar-refractivity contribution in [2.75, 3.05) is 25.6 Å². The van der Waals surface area contributed by atoms with E-state index in [1.165, 1.54) is 17.7 Å². The summed E-state index contributed by atoms with van der Waals surface area (Å²) in [5.41, 5.74) is 1.90. The molecule has 1 aliphatic carbocycles. The number of hydrogen-bond donors (Lipinski definition) is 3. The van der Waals surface area contributed by atoms with E-state index in [0.717, 1.165) is 25.7 Å². The zero-order chi connectivity index (χ0) is 26.1. The summed E-state index contributed by atoms with van der Waals surface area (Å²) < 4.78 is 53.8. The number of aliphatic hydroxyl groups excluding tert-OH is 1. The summed E-state index contributed by atoms with van der Waals surface area (Å²) in [6.07, 6.45) is 2.72. The van der Waals surface area contributed by atoms with Gasteiger partial charge in [0.05, 0.1) is 43.9 Å². The fraction of sp³-hybridized carbons (Fsp3) is 0.480. The third-order valence-electron chi connectivity index (χ3n) is 6.77. The Hall–Kier alpha value is -3.38. The second-order valence-electron chi connectivity index (χ2n) is 9.18. The normalized spacial score (nSPS) is 18.2. The van der Waals surface area contributed by atoms with Gasteiger partial charge in [-0.25, -0.2) is 18.2 Å². The number of imidazole rings is 1. The van der Waals surface area contributed by atoms with Gasteiger partial charge in [-0.15, -0.1) is 0 Å². The number of aromatic nitrogens is 5. The summed E-state index contributed by atoms with van der Waals surface area (Å²) in [6, 6.07) is 3.14. The topological polar surface area (TPSA) is 110 Å². The number of fused-ring (bicyclic) bond motifs is 2. The second-order valence-corrected chi connectivity index (χ2v) is 9.18. The maximum absolute atomic E-state index is 15.0. The van der Waals surface area contributed by atoms with Crippen LogP contribution in [0.4, 0.5) is 19.1 Å². The molecular weight excluding hydrogens is 489 g/mol. The molecule has 1 aliphatic rings. The van der Waals surface area contributed by atoms with Crippen molar-refractivity contribution in [3.05, 3.63) is 30.0 Å². The van der Waals surface area contributed by atoms with Crippen LogP contribution in [0.15, 0.2) is 18.3 Å². The Balaban J connectivity index is 1.45. The van der Waals surface area contributed by atoms with Crippen molar-refractivity contribution in [2.24, 2.45) is 0 Å². The van der Waals surface area contributed by atoms with E-state index in [9.17, 15) is 8.78 Å². The van der Waals surface area contributed by atoms with E-state index < -0.39 is 18.8 Å². The molecule has 0 bridgehead atoms. The van der Waals surface area contributed by atoms with Gasteiger partial charge in [0.2, 0.25) is 11.8 Å². The number of anilines is 1. The Kier molecular flexibility index (Phi) is 7.20. The lowest BCUT2D eigenvalue weighted by Gasteiger charge is -2.29. The second kappa shape index (κ2) is 10.5. The van der Waals surface area contributed by atoms with Gasteiger partial charge in [0.1, 0.15) is 17.0 Å². The molecule has 3 aromatic heterocycles. The molecule has 3 heterocycles. The number of H-pyrrole nitrogens is 1. The largest absolute Gasteiger partial charge is 0.480 e. The van der Waals surface area contributed by atoms with Crippen LogP contribution in [0.1, 0.15) is 31.5 Å². The molecule has 1 fully saturated rings. The van der Waals surface area contributed by atoms with E-state index >= 15 is 4.39 Å². The highest BCUT2D eigenvalue weighted by Gasteiger charge is 2.24. The molecule has 198 valence electrons. The van der Waals surface area contributed by atoms with Crippen molar-refractivity contribution in [1.82, 2.24) is 24.5 Å². The summed E-state index contributed by atoms with van der Waals surface area (Å²) in [4.78, 5) is 16.4. The summed E-state index contributed by atoms with van der Waals surface area (Å²) in [5, 5.41) is 12.9. The van der Waals surface area contributed by atoms with E-state index in [0.29, 0.717) is 51.9 Å². The fourth-order valence-corrected chi connectivity index (χ4v) is 5.04. The van der Waals surface area contributed by atoms with E-state index in [1.54, 1.807) is 19.2 Å². The number of nitrogens with zero attached hydrogens (tertiary/aromatic N) is 4. The highest BCUT2D eigenvalue weighted by atomic mass is 19.3. The van der Waals surface area contributed by atoms with Crippen LogP contribution in [-0.4, -0.2) is 68.5 Å². The van der Waals surface area contributed by atoms with Gasteiger partial charge in [-0.1, -0.05) is 0 Å². The molecule has 0 spiro atoms. The number of aryl methyl sites for hydroxylation is 1. The van der Waals surface area contributed by atoms with E-state index in [4.69, 9.17) is 14.6 Å². The van der Waals surface area contributed by atoms with Crippen LogP contribution in [0.5, 0.6) is 5.88 Å². The standard InChI is InChI=1S/C25H29F3N6O3/c1-13-30-22-18(26)9-14(10-19(22)34(13)12-20(27)28)17-11-29-23-21(17)24(36-2)33-25(32-23)31-15-3-5-16(6-4-15)37-8-7-35/h9-11,15-16,20,35H,3-8,12H2,1-2H3,(H2,29,31,32,33). The van der Waals surface area contributed by atoms with Gasteiger partial charge in [-0.05, 0) is 50.3 Å². The minimum Gasteiger partial charge on any atom is -0.480 e. The molecule has 37 heavy (non-hydrogen) atoms. The Morgan fingerprint density at radius 2 is 1.97 bits per heavy atom. The van der Waals surface area contributed by atoms with Gasteiger partial charge in [-0.2, -0.15) is 9.97 Å². The molecule has 0 atom stereocenters. The lowest BCUT2D eigenvalue weighted by atomic mass is 9.93. The van der Waals surface area contributed by atoms with Crippen LogP contribution in [0.2, 0.25) is 0 Å². The first-order valence-electron chi connectivity index (χ1n) is 12.2. The SMILES string of the molecule is COc1nc(NC2CCC(OCCO)CC2)nc2[nH]cc(-c3cc(F)c4nc(C)n(CC(F)F)c4c3)c12. The lowest BCUT2D eigenvalue weighted by Crippen LogP contribution is -2.30. The molecule has 4 aromatic rings. The third kappa shape index (κ3) is 5.08. The summed E-state index contributed by atoms with van der Waals surface area (Å²) in [6.45, 7) is 1.37.